The summed E-state index contributed by atoms with van der Waals surface area (Å²) < 4.78 is 22.9. The van der Waals surface area contributed by atoms with E-state index in [9.17, 15) is 9.90 Å². The molecule has 0 spiro atoms. The summed E-state index contributed by atoms with van der Waals surface area (Å²) >= 11 is 0. The Morgan fingerprint density at radius 3 is 2.71 bits per heavy atom. The van der Waals surface area contributed by atoms with E-state index in [0.717, 1.165) is 0 Å². The first kappa shape index (κ1) is 15.8. The Kier molecular flexibility index (Phi) is 3.54. The number of carbonyl (C=O) groups excluding carboxylic acids is 1. The van der Waals surface area contributed by atoms with E-state index >= 15 is 0 Å². The van der Waals surface area contributed by atoms with Crippen LogP contribution in [0.5, 0.6) is 0 Å². The maximum atomic E-state index is 12.3. The highest BCUT2D eigenvalue weighted by Crippen LogP contribution is 2.47. The van der Waals surface area contributed by atoms with E-state index in [-0.39, 0.29) is 0 Å². The van der Waals surface area contributed by atoms with Crippen LogP contribution < -0.4 is 0 Å². The average Bonchev–Trinajstić information content (AvgIpc) is 2.99. The molecule has 2 aliphatic heterocycles. The van der Waals surface area contributed by atoms with Crippen LogP contribution in [0.25, 0.3) is 0 Å². The van der Waals surface area contributed by atoms with Crippen molar-refractivity contribution >= 4 is 5.97 Å². The molecule has 0 unspecified atom stereocenters. The molecule has 2 saturated heterocycles. The summed E-state index contributed by atoms with van der Waals surface area (Å²) in [6.07, 6.45) is 1.19. The van der Waals surface area contributed by atoms with Gasteiger partial charge in [-0.2, -0.15) is 0 Å². The Bertz CT molecular complexity index is 669. The fourth-order valence-electron chi connectivity index (χ4n) is 3.54. The van der Waals surface area contributed by atoms with Gasteiger partial charge in [0.15, 0.2) is 12.1 Å². The summed E-state index contributed by atoms with van der Waals surface area (Å²) in [6.45, 7) is 3.55. The quantitative estimate of drug-likeness (QED) is 0.657. The Labute approximate surface area is 140 Å². The molecule has 2 fully saturated rings. The maximum Gasteiger partial charge on any atom is 0.338 e. The van der Waals surface area contributed by atoms with Gasteiger partial charge in [0.1, 0.15) is 23.9 Å². The van der Waals surface area contributed by atoms with Gasteiger partial charge in [-0.25, -0.2) is 4.79 Å². The lowest BCUT2D eigenvalue weighted by Gasteiger charge is -2.38. The van der Waals surface area contributed by atoms with Crippen molar-refractivity contribution in [3.05, 3.63) is 48.0 Å². The van der Waals surface area contributed by atoms with Gasteiger partial charge < -0.3 is 24.1 Å². The number of hydrogen-bond donors (Lipinski definition) is 1. The smallest absolute Gasteiger partial charge is 0.338 e. The van der Waals surface area contributed by atoms with Crippen LogP contribution in [0.3, 0.4) is 0 Å². The van der Waals surface area contributed by atoms with Gasteiger partial charge in [0.05, 0.1) is 5.56 Å². The lowest BCUT2D eigenvalue weighted by molar-refractivity contribution is -0.239. The minimum Gasteiger partial charge on any atom is -0.452 e. The molecule has 24 heavy (non-hydrogen) atoms. The van der Waals surface area contributed by atoms with Crippen LogP contribution in [0.1, 0.15) is 30.6 Å². The van der Waals surface area contributed by atoms with Crippen LogP contribution >= 0.6 is 0 Å². The second kappa shape index (κ2) is 5.39. The zero-order valence-electron chi connectivity index (χ0n) is 13.5. The van der Waals surface area contributed by atoms with E-state index in [2.05, 4.69) is 0 Å². The van der Waals surface area contributed by atoms with Crippen molar-refractivity contribution < 1.29 is 28.8 Å². The lowest BCUT2D eigenvalue weighted by Crippen LogP contribution is -2.55. The summed E-state index contributed by atoms with van der Waals surface area (Å²) in [7, 11) is 0. The predicted molar refractivity (Wildman–Crippen MR) is 83.1 cm³/mol. The van der Waals surface area contributed by atoms with E-state index in [4.69, 9.17) is 18.9 Å². The van der Waals surface area contributed by atoms with Gasteiger partial charge in [-0.3, -0.25) is 0 Å². The van der Waals surface area contributed by atoms with Gasteiger partial charge in [-0.05, 0) is 38.5 Å². The Morgan fingerprint density at radius 2 is 1.96 bits per heavy atom. The fraction of sp³-hybridized carbons (Fsp3) is 0.500. The van der Waals surface area contributed by atoms with E-state index < -0.39 is 42.0 Å². The van der Waals surface area contributed by atoms with Crippen molar-refractivity contribution in [1.29, 1.82) is 0 Å². The molecule has 2 heterocycles. The second-order valence-electron chi connectivity index (χ2n) is 6.84. The zero-order valence-corrected chi connectivity index (χ0v) is 13.5. The highest BCUT2D eigenvalue weighted by Gasteiger charge is 2.65. The standard InChI is InChI=1S/C18H20O6/c1-17(2)23-14-16(24-17)22-13-12(9-6-10-18(13,14)20)21-15(19)11-7-4-3-5-8-11/h3-9,12-14,16,20H,10H2,1-2H3/t12-,13+,14-,16+,18+/m0/s1. The Hall–Kier alpha value is -1.73. The fourth-order valence-corrected chi connectivity index (χ4v) is 3.54. The first-order valence-electron chi connectivity index (χ1n) is 8.05. The largest absolute Gasteiger partial charge is 0.452 e. The first-order valence-corrected chi connectivity index (χ1v) is 8.05. The minimum atomic E-state index is -1.28. The first-order chi connectivity index (χ1) is 11.4. The predicted octanol–water partition coefficient (Wildman–Crippen LogP) is 1.78. The molecule has 1 aliphatic carbocycles. The molecule has 6 heteroatoms. The molecule has 0 radical (unpaired) electrons. The van der Waals surface area contributed by atoms with Gasteiger partial charge in [0.25, 0.3) is 0 Å². The van der Waals surface area contributed by atoms with Crippen LogP contribution in [0.15, 0.2) is 42.5 Å². The summed E-state index contributed by atoms with van der Waals surface area (Å²) in [4.78, 5) is 12.3. The molecule has 1 N–H and O–H groups in total. The highest BCUT2D eigenvalue weighted by molar-refractivity contribution is 5.89. The van der Waals surface area contributed by atoms with Crippen molar-refractivity contribution in [2.24, 2.45) is 0 Å². The number of rotatable bonds is 2. The van der Waals surface area contributed by atoms with Crippen molar-refractivity contribution in [1.82, 2.24) is 0 Å². The van der Waals surface area contributed by atoms with Crippen LogP contribution in [-0.4, -0.2) is 47.1 Å². The third-order valence-electron chi connectivity index (χ3n) is 4.65. The summed E-state index contributed by atoms with van der Waals surface area (Å²) in [5, 5.41) is 11.1. The molecular weight excluding hydrogens is 312 g/mol. The maximum absolute atomic E-state index is 12.3. The topological polar surface area (TPSA) is 74.2 Å². The van der Waals surface area contributed by atoms with Crippen molar-refractivity contribution in [2.45, 2.75) is 56.3 Å². The van der Waals surface area contributed by atoms with Crippen LogP contribution in [-0.2, 0) is 18.9 Å². The normalized spacial score (nSPS) is 39.3. The zero-order chi connectivity index (χ0) is 16.9. The third-order valence-corrected chi connectivity index (χ3v) is 4.65. The van der Waals surface area contributed by atoms with Gasteiger partial charge in [-0.1, -0.05) is 24.3 Å². The van der Waals surface area contributed by atoms with E-state index in [1.54, 1.807) is 50.3 Å². The average molecular weight is 332 g/mol. The number of fused-ring (bicyclic) bond motifs is 3. The molecule has 0 saturated carbocycles. The molecule has 0 bridgehead atoms. The number of carbonyl (C=O) groups is 1. The van der Waals surface area contributed by atoms with E-state index in [1.165, 1.54) is 0 Å². The summed E-state index contributed by atoms with van der Waals surface area (Å²) in [5.74, 6) is -1.27. The number of hydrogen-bond acceptors (Lipinski definition) is 6. The molecule has 1 aromatic rings. The Balaban J connectivity index is 1.54. The van der Waals surface area contributed by atoms with Crippen molar-refractivity contribution in [3.8, 4) is 0 Å². The monoisotopic (exact) mass is 332 g/mol. The minimum absolute atomic E-state index is 0.359. The number of aliphatic hydroxyl groups is 1. The van der Waals surface area contributed by atoms with Crippen molar-refractivity contribution in [2.75, 3.05) is 0 Å². The van der Waals surface area contributed by atoms with E-state index in [1.807, 2.05) is 6.07 Å². The molecule has 0 aromatic heterocycles. The molecule has 5 atom stereocenters. The molecule has 0 amide bonds. The number of benzene rings is 1. The van der Waals surface area contributed by atoms with Gasteiger partial charge in [0, 0.05) is 0 Å². The molecule has 1 aromatic carbocycles. The lowest BCUT2D eigenvalue weighted by atomic mass is 9.82. The second-order valence-corrected chi connectivity index (χ2v) is 6.84. The highest BCUT2D eigenvalue weighted by atomic mass is 16.8. The SMILES string of the molecule is CC1(C)O[C@H]2O[C@@H]3[C@@H](OC(=O)c4ccccc4)C=CC[C@]3(O)[C@H]2O1. The third kappa shape index (κ3) is 2.46. The van der Waals surface area contributed by atoms with Gasteiger partial charge in [-0.15, -0.1) is 0 Å². The van der Waals surface area contributed by atoms with Crippen LogP contribution in [0, 0.1) is 0 Å². The van der Waals surface area contributed by atoms with E-state index in [0.29, 0.717) is 12.0 Å². The molecule has 128 valence electrons. The van der Waals surface area contributed by atoms with Crippen LogP contribution in [0.2, 0.25) is 0 Å². The van der Waals surface area contributed by atoms with Gasteiger partial charge in [0.2, 0.25) is 0 Å². The number of ether oxygens (including phenoxy) is 4. The summed E-state index contributed by atoms with van der Waals surface area (Å²) in [6, 6.07) is 8.72. The molecule has 3 aliphatic rings. The van der Waals surface area contributed by atoms with Crippen molar-refractivity contribution in [3.63, 3.8) is 0 Å². The number of esters is 1. The molecule has 4 rings (SSSR count). The Morgan fingerprint density at radius 1 is 1.21 bits per heavy atom. The molecular formula is C18H20O6. The summed E-state index contributed by atoms with van der Waals surface area (Å²) in [5.41, 5.74) is -0.832. The molecule has 6 nitrogen and oxygen atoms in total. The van der Waals surface area contributed by atoms with Crippen LogP contribution in [0.4, 0.5) is 0 Å². The van der Waals surface area contributed by atoms with Gasteiger partial charge >= 0.3 is 5.97 Å².